The maximum absolute atomic E-state index is 11.7. The molecular formula is C20H26Cl2N2O2. The van der Waals surface area contributed by atoms with E-state index in [1.807, 2.05) is 69.3 Å². The van der Waals surface area contributed by atoms with Gasteiger partial charge in [-0.3, -0.25) is 4.79 Å². The van der Waals surface area contributed by atoms with Crippen LogP contribution in [0.3, 0.4) is 0 Å². The van der Waals surface area contributed by atoms with Gasteiger partial charge in [0, 0.05) is 23.7 Å². The summed E-state index contributed by atoms with van der Waals surface area (Å²) in [5, 5.41) is 7.00. The number of hydrogen-bond donors (Lipinski definition) is 2. The summed E-state index contributed by atoms with van der Waals surface area (Å²) in [6.07, 6.45) is 0. The maximum Gasteiger partial charge on any atom is 0.258 e. The van der Waals surface area contributed by atoms with E-state index in [4.69, 9.17) is 16.3 Å². The van der Waals surface area contributed by atoms with Gasteiger partial charge in [-0.15, -0.1) is 12.4 Å². The minimum Gasteiger partial charge on any atom is -0.484 e. The van der Waals surface area contributed by atoms with E-state index in [-0.39, 0.29) is 30.5 Å². The normalized spacial score (nSPS) is 10.8. The molecule has 2 rings (SSSR count). The molecule has 2 aromatic carbocycles. The van der Waals surface area contributed by atoms with E-state index in [9.17, 15) is 4.79 Å². The summed E-state index contributed by atoms with van der Waals surface area (Å²) >= 11 is 6.14. The lowest BCUT2D eigenvalue weighted by Crippen LogP contribution is -2.43. The average Bonchev–Trinajstić information content (AvgIpc) is 2.54. The first-order valence-corrected chi connectivity index (χ1v) is 8.68. The predicted molar refractivity (Wildman–Crippen MR) is 109 cm³/mol. The number of hydrogen-bond acceptors (Lipinski definition) is 3. The molecule has 0 saturated heterocycles. The number of ether oxygens (including phenoxy) is 1. The van der Waals surface area contributed by atoms with Crippen LogP contribution in [0.4, 0.5) is 0 Å². The van der Waals surface area contributed by atoms with Gasteiger partial charge in [0.05, 0.1) is 0 Å². The number of halogens is 2. The molecule has 0 aliphatic heterocycles. The molecule has 4 nitrogen and oxygen atoms in total. The van der Waals surface area contributed by atoms with Crippen LogP contribution in [0.1, 0.15) is 31.9 Å². The van der Waals surface area contributed by atoms with Crippen LogP contribution in [0.25, 0.3) is 0 Å². The SMILES string of the molecule is CC(C)(C)NC(=O)COc1ccc(CNCc2ccccc2Cl)cc1.Cl. The van der Waals surface area contributed by atoms with Gasteiger partial charge in [0.25, 0.3) is 5.91 Å². The summed E-state index contributed by atoms with van der Waals surface area (Å²) in [7, 11) is 0. The van der Waals surface area contributed by atoms with Crippen molar-refractivity contribution >= 4 is 29.9 Å². The number of benzene rings is 2. The van der Waals surface area contributed by atoms with Crippen LogP contribution in [0.5, 0.6) is 5.75 Å². The van der Waals surface area contributed by atoms with E-state index in [1.54, 1.807) is 0 Å². The van der Waals surface area contributed by atoms with Crippen molar-refractivity contribution in [3.63, 3.8) is 0 Å². The molecule has 6 heteroatoms. The van der Waals surface area contributed by atoms with Crippen molar-refractivity contribution in [2.45, 2.75) is 39.4 Å². The molecule has 0 fully saturated rings. The zero-order valence-corrected chi connectivity index (χ0v) is 16.9. The van der Waals surface area contributed by atoms with Crippen LogP contribution in [-0.4, -0.2) is 18.1 Å². The molecular weight excluding hydrogens is 371 g/mol. The molecule has 0 aliphatic carbocycles. The lowest BCUT2D eigenvalue weighted by atomic mass is 10.1. The quantitative estimate of drug-likeness (QED) is 0.731. The molecule has 0 atom stereocenters. The van der Waals surface area contributed by atoms with Gasteiger partial charge in [-0.1, -0.05) is 41.9 Å². The smallest absolute Gasteiger partial charge is 0.258 e. The molecule has 26 heavy (non-hydrogen) atoms. The fourth-order valence-electron chi connectivity index (χ4n) is 2.29. The van der Waals surface area contributed by atoms with E-state index in [1.165, 1.54) is 0 Å². The third-order valence-electron chi connectivity index (χ3n) is 3.41. The standard InChI is InChI=1S/C20H25ClN2O2.ClH/c1-20(2,3)23-19(24)14-25-17-10-8-15(9-11-17)12-22-13-16-6-4-5-7-18(16)21;/h4-11,22H,12-14H2,1-3H3,(H,23,24);1H. The summed E-state index contributed by atoms with van der Waals surface area (Å²) in [6.45, 7) is 7.28. The van der Waals surface area contributed by atoms with Gasteiger partial charge in [-0.25, -0.2) is 0 Å². The second-order valence-electron chi connectivity index (χ2n) is 6.93. The summed E-state index contributed by atoms with van der Waals surface area (Å²) in [4.78, 5) is 11.7. The Labute approximate surface area is 166 Å². The van der Waals surface area contributed by atoms with E-state index < -0.39 is 0 Å². The number of nitrogens with one attached hydrogen (secondary N) is 2. The van der Waals surface area contributed by atoms with Crippen LogP contribution >= 0.6 is 24.0 Å². The van der Waals surface area contributed by atoms with E-state index in [2.05, 4.69) is 10.6 Å². The molecule has 0 aromatic heterocycles. The molecule has 142 valence electrons. The van der Waals surface area contributed by atoms with E-state index in [0.29, 0.717) is 12.3 Å². The lowest BCUT2D eigenvalue weighted by Gasteiger charge is -2.20. The molecule has 1 amide bonds. The Kier molecular flexibility index (Phi) is 8.93. The maximum atomic E-state index is 11.7. The Bertz CT molecular complexity index is 698. The van der Waals surface area contributed by atoms with Crippen molar-refractivity contribution < 1.29 is 9.53 Å². The third kappa shape index (κ3) is 8.09. The highest BCUT2D eigenvalue weighted by Crippen LogP contribution is 2.15. The molecule has 2 N–H and O–H groups in total. The highest BCUT2D eigenvalue weighted by atomic mass is 35.5. The largest absolute Gasteiger partial charge is 0.484 e. The Morgan fingerprint density at radius 3 is 2.31 bits per heavy atom. The molecule has 0 aliphatic rings. The topological polar surface area (TPSA) is 50.4 Å². The van der Waals surface area contributed by atoms with Crippen molar-refractivity contribution in [3.05, 3.63) is 64.7 Å². The summed E-state index contributed by atoms with van der Waals surface area (Å²) in [5.74, 6) is 0.553. The van der Waals surface area contributed by atoms with Gasteiger partial charge in [0.2, 0.25) is 0 Å². The van der Waals surface area contributed by atoms with Crippen LogP contribution < -0.4 is 15.4 Å². The highest BCUT2D eigenvalue weighted by Gasteiger charge is 2.13. The zero-order chi connectivity index (χ0) is 18.3. The highest BCUT2D eigenvalue weighted by molar-refractivity contribution is 6.31. The van der Waals surface area contributed by atoms with E-state index >= 15 is 0 Å². The van der Waals surface area contributed by atoms with Crippen molar-refractivity contribution in [2.24, 2.45) is 0 Å². The summed E-state index contributed by atoms with van der Waals surface area (Å²) < 4.78 is 5.51. The lowest BCUT2D eigenvalue weighted by molar-refractivity contribution is -0.124. The predicted octanol–water partition coefficient (Wildman–Crippen LogP) is 4.35. The van der Waals surface area contributed by atoms with Gasteiger partial charge < -0.3 is 15.4 Å². The van der Waals surface area contributed by atoms with Gasteiger partial charge in [-0.2, -0.15) is 0 Å². The first-order valence-electron chi connectivity index (χ1n) is 8.30. The van der Waals surface area contributed by atoms with Gasteiger partial charge in [-0.05, 0) is 50.1 Å². The van der Waals surface area contributed by atoms with Crippen molar-refractivity contribution in [1.29, 1.82) is 0 Å². The Morgan fingerprint density at radius 1 is 1.04 bits per heavy atom. The number of carbonyl (C=O) groups is 1. The fourth-order valence-corrected chi connectivity index (χ4v) is 2.49. The molecule has 0 radical (unpaired) electrons. The van der Waals surface area contributed by atoms with Crippen LogP contribution in [0.2, 0.25) is 5.02 Å². The Hall–Kier alpha value is -1.75. The minimum atomic E-state index is -0.252. The van der Waals surface area contributed by atoms with Gasteiger partial charge in [0.15, 0.2) is 6.61 Å². The minimum absolute atomic E-state index is 0. The van der Waals surface area contributed by atoms with Gasteiger partial charge in [0.1, 0.15) is 5.75 Å². The Morgan fingerprint density at radius 2 is 1.69 bits per heavy atom. The second-order valence-corrected chi connectivity index (χ2v) is 7.33. The molecule has 0 bridgehead atoms. The molecule has 2 aromatic rings. The second kappa shape index (κ2) is 10.4. The molecule has 0 spiro atoms. The molecule has 0 saturated carbocycles. The number of carbonyl (C=O) groups excluding carboxylic acids is 1. The van der Waals surface area contributed by atoms with Crippen molar-refractivity contribution in [1.82, 2.24) is 10.6 Å². The summed E-state index contributed by atoms with van der Waals surface area (Å²) in [5.41, 5.74) is 1.96. The first kappa shape index (κ1) is 22.3. The number of rotatable bonds is 7. The fraction of sp³-hybridized carbons (Fsp3) is 0.350. The van der Waals surface area contributed by atoms with Crippen LogP contribution in [-0.2, 0) is 17.9 Å². The summed E-state index contributed by atoms with van der Waals surface area (Å²) in [6, 6.07) is 15.5. The Balaban J connectivity index is 0.00000338. The van der Waals surface area contributed by atoms with Gasteiger partial charge >= 0.3 is 0 Å². The van der Waals surface area contributed by atoms with Crippen molar-refractivity contribution in [3.8, 4) is 5.75 Å². The van der Waals surface area contributed by atoms with Crippen molar-refractivity contribution in [2.75, 3.05) is 6.61 Å². The molecule has 0 unspecified atom stereocenters. The monoisotopic (exact) mass is 396 g/mol. The van der Waals surface area contributed by atoms with E-state index in [0.717, 1.165) is 22.7 Å². The average molecular weight is 397 g/mol. The van der Waals surface area contributed by atoms with Crippen LogP contribution in [0, 0.1) is 0 Å². The third-order valence-corrected chi connectivity index (χ3v) is 3.78. The zero-order valence-electron chi connectivity index (χ0n) is 15.3. The number of amides is 1. The first-order chi connectivity index (χ1) is 11.8. The molecule has 0 heterocycles. The van der Waals surface area contributed by atoms with Crippen LogP contribution in [0.15, 0.2) is 48.5 Å².